The zero-order chi connectivity index (χ0) is 9.90. The molecule has 78 valence electrons. The molecule has 1 fully saturated rings. The van der Waals surface area contributed by atoms with Crippen LogP contribution in [0.15, 0.2) is 0 Å². The Hall–Kier alpha value is -0.0800. The van der Waals surface area contributed by atoms with E-state index in [1.807, 2.05) is 0 Å². The standard InChI is InChI=1S/C11H22O2/c1-4-9(2)10(12)11(13-3)7-5-6-8-11/h9-10,12H,4-8H2,1-3H3. The molecule has 2 unspecified atom stereocenters. The molecule has 0 bridgehead atoms. The van der Waals surface area contributed by atoms with Gasteiger partial charge in [-0.15, -0.1) is 0 Å². The van der Waals surface area contributed by atoms with E-state index in [0.29, 0.717) is 5.92 Å². The number of hydrogen-bond acceptors (Lipinski definition) is 2. The number of ether oxygens (including phenoxy) is 1. The molecule has 0 spiro atoms. The van der Waals surface area contributed by atoms with Gasteiger partial charge in [-0.2, -0.15) is 0 Å². The highest BCUT2D eigenvalue weighted by molar-refractivity contribution is 4.94. The molecule has 0 saturated heterocycles. The first-order valence-electron chi connectivity index (χ1n) is 5.39. The molecular weight excluding hydrogens is 164 g/mol. The molecule has 13 heavy (non-hydrogen) atoms. The Kier molecular flexibility index (Phi) is 3.74. The molecule has 2 heteroatoms. The van der Waals surface area contributed by atoms with Gasteiger partial charge in [0.15, 0.2) is 0 Å². The molecule has 0 amide bonds. The van der Waals surface area contributed by atoms with Gasteiger partial charge in [-0.3, -0.25) is 0 Å². The van der Waals surface area contributed by atoms with Gasteiger partial charge in [-0.05, 0) is 18.8 Å². The van der Waals surface area contributed by atoms with E-state index in [2.05, 4.69) is 13.8 Å². The highest BCUT2D eigenvalue weighted by Gasteiger charge is 2.42. The molecule has 1 rings (SSSR count). The lowest BCUT2D eigenvalue weighted by Crippen LogP contribution is -2.45. The second-order valence-electron chi connectivity index (χ2n) is 4.31. The van der Waals surface area contributed by atoms with Gasteiger partial charge in [0.25, 0.3) is 0 Å². The van der Waals surface area contributed by atoms with E-state index >= 15 is 0 Å². The molecule has 1 saturated carbocycles. The summed E-state index contributed by atoms with van der Waals surface area (Å²) in [6.45, 7) is 4.22. The van der Waals surface area contributed by atoms with Gasteiger partial charge in [0.1, 0.15) is 0 Å². The second-order valence-corrected chi connectivity index (χ2v) is 4.31. The third-order valence-electron chi connectivity index (χ3n) is 3.58. The summed E-state index contributed by atoms with van der Waals surface area (Å²) >= 11 is 0. The monoisotopic (exact) mass is 186 g/mol. The topological polar surface area (TPSA) is 29.5 Å². The van der Waals surface area contributed by atoms with Crippen molar-refractivity contribution >= 4 is 0 Å². The average molecular weight is 186 g/mol. The fraction of sp³-hybridized carbons (Fsp3) is 1.00. The van der Waals surface area contributed by atoms with Gasteiger partial charge in [-0.25, -0.2) is 0 Å². The number of methoxy groups -OCH3 is 1. The first-order valence-corrected chi connectivity index (χ1v) is 5.39. The maximum absolute atomic E-state index is 10.1. The Balaban J connectivity index is 2.64. The van der Waals surface area contributed by atoms with Crippen LogP contribution in [-0.2, 0) is 4.74 Å². The minimum atomic E-state index is -0.287. The summed E-state index contributed by atoms with van der Waals surface area (Å²) in [5.74, 6) is 0.345. The predicted molar refractivity (Wildman–Crippen MR) is 53.7 cm³/mol. The van der Waals surface area contributed by atoms with E-state index in [1.165, 1.54) is 12.8 Å². The molecule has 0 radical (unpaired) electrons. The second kappa shape index (κ2) is 4.43. The highest BCUT2D eigenvalue weighted by Crippen LogP contribution is 2.38. The zero-order valence-electron chi connectivity index (χ0n) is 9.05. The fourth-order valence-corrected chi connectivity index (χ4v) is 2.34. The summed E-state index contributed by atoms with van der Waals surface area (Å²) in [4.78, 5) is 0. The van der Waals surface area contributed by atoms with Crippen LogP contribution in [0.3, 0.4) is 0 Å². The molecule has 1 aliphatic carbocycles. The summed E-state index contributed by atoms with van der Waals surface area (Å²) in [7, 11) is 1.73. The lowest BCUT2D eigenvalue weighted by atomic mass is 9.85. The van der Waals surface area contributed by atoms with Crippen molar-refractivity contribution in [2.75, 3.05) is 7.11 Å². The van der Waals surface area contributed by atoms with E-state index in [9.17, 15) is 5.11 Å². The van der Waals surface area contributed by atoms with Crippen molar-refractivity contribution < 1.29 is 9.84 Å². The minimum Gasteiger partial charge on any atom is -0.390 e. The number of aliphatic hydroxyl groups is 1. The van der Waals surface area contributed by atoms with Crippen LogP contribution in [0.2, 0.25) is 0 Å². The molecule has 0 aliphatic heterocycles. The predicted octanol–water partition coefficient (Wildman–Crippen LogP) is 2.35. The molecule has 2 nitrogen and oxygen atoms in total. The molecular formula is C11H22O2. The lowest BCUT2D eigenvalue weighted by molar-refractivity contribution is -0.118. The van der Waals surface area contributed by atoms with Crippen LogP contribution in [0.1, 0.15) is 46.0 Å². The van der Waals surface area contributed by atoms with Gasteiger partial charge in [-0.1, -0.05) is 33.1 Å². The third-order valence-corrected chi connectivity index (χ3v) is 3.58. The normalized spacial score (nSPS) is 25.8. The average Bonchev–Trinajstić information content (AvgIpc) is 2.65. The van der Waals surface area contributed by atoms with Crippen LogP contribution in [0.25, 0.3) is 0 Å². The van der Waals surface area contributed by atoms with Crippen molar-refractivity contribution in [2.45, 2.75) is 57.7 Å². The SMILES string of the molecule is CCC(C)C(O)C1(OC)CCCC1. The van der Waals surface area contributed by atoms with Crippen LogP contribution < -0.4 is 0 Å². The van der Waals surface area contributed by atoms with Gasteiger partial charge < -0.3 is 9.84 Å². The number of aliphatic hydroxyl groups excluding tert-OH is 1. The van der Waals surface area contributed by atoms with Gasteiger partial charge in [0, 0.05) is 7.11 Å². The Morgan fingerprint density at radius 2 is 1.92 bits per heavy atom. The molecule has 0 aromatic rings. The molecule has 0 aromatic carbocycles. The van der Waals surface area contributed by atoms with Crippen molar-refractivity contribution in [3.8, 4) is 0 Å². The molecule has 2 atom stereocenters. The Morgan fingerprint density at radius 1 is 1.38 bits per heavy atom. The summed E-state index contributed by atoms with van der Waals surface area (Å²) in [6.07, 6.45) is 5.17. The van der Waals surface area contributed by atoms with E-state index in [0.717, 1.165) is 19.3 Å². The third kappa shape index (κ3) is 2.05. The first-order chi connectivity index (χ1) is 6.16. The van der Waals surface area contributed by atoms with Crippen molar-refractivity contribution in [1.82, 2.24) is 0 Å². The lowest BCUT2D eigenvalue weighted by Gasteiger charge is -2.36. The summed E-state index contributed by atoms with van der Waals surface area (Å²) in [6, 6.07) is 0. The van der Waals surface area contributed by atoms with Gasteiger partial charge >= 0.3 is 0 Å². The maximum Gasteiger partial charge on any atom is 0.0939 e. The van der Waals surface area contributed by atoms with Crippen molar-refractivity contribution in [3.63, 3.8) is 0 Å². The quantitative estimate of drug-likeness (QED) is 0.730. The Labute approximate surface area is 81.3 Å². The largest absolute Gasteiger partial charge is 0.390 e. The van der Waals surface area contributed by atoms with E-state index < -0.39 is 0 Å². The highest BCUT2D eigenvalue weighted by atomic mass is 16.5. The van der Waals surface area contributed by atoms with Crippen LogP contribution in [-0.4, -0.2) is 23.9 Å². The van der Waals surface area contributed by atoms with Crippen LogP contribution in [0, 0.1) is 5.92 Å². The molecule has 0 heterocycles. The van der Waals surface area contributed by atoms with Crippen LogP contribution in [0.5, 0.6) is 0 Å². The number of hydrogen-bond donors (Lipinski definition) is 1. The zero-order valence-corrected chi connectivity index (χ0v) is 9.05. The van der Waals surface area contributed by atoms with Crippen molar-refractivity contribution in [3.05, 3.63) is 0 Å². The van der Waals surface area contributed by atoms with Crippen LogP contribution >= 0.6 is 0 Å². The smallest absolute Gasteiger partial charge is 0.0939 e. The molecule has 1 N–H and O–H groups in total. The number of rotatable bonds is 4. The van der Waals surface area contributed by atoms with Crippen LogP contribution in [0.4, 0.5) is 0 Å². The van der Waals surface area contributed by atoms with Gasteiger partial charge in [0.2, 0.25) is 0 Å². The molecule has 0 aromatic heterocycles. The first kappa shape index (κ1) is 11.0. The van der Waals surface area contributed by atoms with E-state index in [4.69, 9.17) is 4.74 Å². The molecule has 1 aliphatic rings. The summed E-state index contributed by atoms with van der Waals surface area (Å²) in [5, 5.41) is 10.1. The summed E-state index contributed by atoms with van der Waals surface area (Å²) < 4.78 is 5.53. The Morgan fingerprint density at radius 3 is 2.31 bits per heavy atom. The van der Waals surface area contributed by atoms with Gasteiger partial charge in [0.05, 0.1) is 11.7 Å². The maximum atomic E-state index is 10.1. The van der Waals surface area contributed by atoms with E-state index in [1.54, 1.807) is 7.11 Å². The Bertz CT molecular complexity index is 150. The van der Waals surface area contributed by atoms with Crippen molar-refractivity contribution in [2.24, 2.45) is 5.92 Å². The minimum absolute atomic E-state index is 0.227. The van der Waals surface area contributed by atoms with E-state index in [-0.39, 0.29) is 11.7 Å². The fourth-order valence-electron chi connectivity index (χ4n) is 2.34. The summed E-state index contributed by atoms with van der Waals surface area (Å²) in [5.41, 5.74) is -0.227. The van der Waals surface area contributed by atoms with Crippen molar-refractivity contribution in [1.29, 1.82) is 0 Å².